The molecule has 0 spiro atoms. The standard InChI is InChI=1S/C21H24N4O2/c1-24(14-17-12-23-25(15-17)19-9-4-3-5-10-19)16-21(26)22-13-18-8-6-7-11-20(18)27-2/h3-12,15H,13-14,16H2,1-2H3,(H,22,26). The molecule has 0 atom stereocenters. The molecule has 140 valence electrons. The van der Waals surface area contributed by atoms with Gasteiger partial charge in [0.05, 0.1) is 25.5 Å². The number of methoxy groups -OCH3 is 1. The van der Waals surface area contributed by atoms with Crippen LogP contribution in [0.3, 0.4) is 0 Å². The summed E-state index contributed by atoms with van der Waals surface area (Å²) in [6, 6.07) is 17.6. The number of carbonyl (C=O) groups excluding carboxylic acids is 1. The number of rotatable bonds is 8. The summed E-state index contributed by atoms with van der Waals surface area (Å²) in [4.78, 5) is 14.2. The van der Waals surface area contributed by atoms with Crippen molar-refractivity contribution in [3.63, 3.8) is 0 Å². The molecule has 0 radical (unpaired) electrons. The lowest BCUT2D eigenvalue weighted by molar-refractivity contribution is -0.122. The van der Waals surface area contributed by atoms with E-state index in [-0.39, 0.29) is 5.91 Å². The summed E-state index contributed by atoms with van der Waals surface area (Å²) >= 11 is 0. The number of para-hydroxylation sites is 2. The zero-order valence-corrected chi connectivity index (χ0v) is 15.6. The maximum Gasteiger partial charge on any atom is 0.234 e. The van der Waals surface area contributed by atoms with Gasteiger partial charge in [0.2, 0.25) is 5.91 Å². The maximum absolute atomic E-state index is 12.2. The highest BCUT2D eigenvalue weighted by Gasteiger charge is 2.10. The topological polar surface area (TPSA) is 59.4 Å². The first-order chi connectivity index (χ1) is 13.2. The minimum Gasteiger partial charge on any atom is -0.496 e. The van der Waals surface area contributed by atoms with Crippen LogP contribution in [-0.4, -0.2) is 41.3 Å². The van der Waals surface area contributed by atoms with Crippen molar-refractivity contribution in [2.45, 2.75) is 13.1 Å². The van der Waals surface area contributed by atoms with Gasteiger partial charge in [-0.15, -0.1) is 0 Å². The quantitative estimate of drug-likeness (QED) is 0.668. The molecule has 0 unspecified atom stereocenters. The normalized spacial score (nSPS) is 10.8. The van der Waals surface area contributed by atoms with E-state index < -0.39 is 0 Å². The largest absolute Gasteiger partial charge is 0.496 e. The number of aromatic nitrogens is 2. The Hall–Kier alpha value is -3.12. The fraction of sp³-hybridized carbons (Fsp3) is 0.238. The molecule has 3 rings (SSSR count). The lowest BCUT2D eigenvalue weighted by atomic mass is 10.2. The highest BCUT2D eigenvalue weighted by molar-refractivity contribution is 5.78. The van der Waals surface area contributed by atoms with E-state index in [4.69, 9.17) is 4.74 Å². The predicted molar refractivity (Wildman–Crippen MR) is 105 cm³/mol. The predicted octanol–water partition coefficient (Wildman–Crippen LogP) is 2.63. The number of nitrogens with one attached hydrogen (secondary N) is 1. The number of benzene rings is 2. The fourth-order valence-corrected chi connectivity index (χ4v) is 2.88. The van der Waals surface area contributed by atoms with Gasteiger partial charge < -0.3 is 10.1 Å². The molecule has 0 saturated carbocycles. The van der Waals surface area contributed by atoms with Crippen molar-refractivity contribution in [3.05, 3.63) is 78.1 Å². The van der Waals surface area contributed by atoms with E-state index in [0.717, 1.165) is 22.6 Å². The zero-order valence-electron chi connectivity index (χ0n) is 15.6. The third-order valence-corrected chi connectivity index (χ3v) is 4.19. The van der Waals surface area contributed by atoms with Crippen LogP contribution >= 0.6 is 0 Å². The molecule has 0 aliphatic heterocycles. The second-order valence-electron chi connectivity index (χ2n) is 6.39. The Balaban J connectivity index is 1.50. The van der Waals surface area contributed by atoms with E-state index in [1.54, 1.807) is 7.11 Å². The summed E-state index contributed by atoms with van der Waals surface area (Å²) in [7, 11) is 3.55. The van der Waals surface area contributed by atoms with Gasteiger partial charge in [0, 0.05) is 30.4 Å². The third kappa shape index (κ3) is 5.18. The molecule has 1 heterocycles. The van der Waals surface area contributed by atoms with Gasteiger partial charge in [-0.05, 0) is 25.2 Å². The van der Waals surface area contributed by atoms with Crippen molar-refractivity contribution in [1.82, 2.24) is 20.0 Å². The smallest absolute Gasteiger partial charge is 0.234 e. The Bertz CT molecular complexity index is 877. The SMILES string of the molecule is COc1ccccc1CNC(=O)CN(C)Cc1cnn(-c2ccccc2)c1. The van der Waals surface area contributed by atoms with Crippen molar-refractivity contribution in [1.29, 1.82) is 0 Å². The molecule has 3 aromatic rings. The number of carbonyl (C=O) groups is 1. The Kier molecular flexibility index (Phi) is 6.22. The molecule has 6 heteroatoms. The average molecular weight is 364 g/mol. The Morgan fingerprint density at radius 3 is 2.67 bits per heavy atom. The van der Waals surface area contributed by atoms with Gasteiger partial charge in [-0.25, -0.2) is 4.68 Å². The lowest BCUT2D eigenvalue weighted by Crippen LogP contribution is -2.34. The first kappa shape index (κ1) is 18.7. The number of ether oxygens (including phenoxy) is 1. The van der Waals surface area contributed by atoms with Crippen molar-refractivity contribution < 1.29 is 9.53 Å². The average Bonchev–Trinajstić information content (AvgIpc) is 3.15. The van der Waals surface area contributed by atoms with Gasteiger partial charge in [-0.2, -0.15) is 5.10 Å². The van der Waals surface area contributed by atoms with Gasteiger partial charge in [0.25, 0.3) is 0 Å². The van der Waals surface area contributed by atoms with E-state index >= 15 is 0 Å². The van der Waals surface area contributed by atoms with E-state index in [1.807, 2.05) is 83.6 Å². The Morgan fingerprint density at radius 1 is 1.15 bits per heavy atom. The summed E-state index contributed by atoms with van der Waals surface area (Å²) in [6.07, 6.45) is 3.81. The minimum atomic E-state index is -0.0288. The van der Waals surface area contributed by atoms with Crippen LogP contribution in [0, 0.1) is 0 Å². The number of hydrogen-bond donors (Lipinski definition) is 1. The van der Waals surface area contributed by atoms with Crippen LogP contribution in [0.1, 0.15) is 11.1 Å². The second-order valence-corrected chi connectivity index (χ2v) is 6.39. The van der Waals surface area contributed by atoms with Gasteiger partial charge >= 0.3 is 0 Å². The minimum absolute atomic E-state index is 0.0288. The molecule has 1 amide bonds. The molecule has 2 aromatic carbocycles. The molecule has 1 N–H and O–H groups in total. The van der Waals surface area contributed by atoms with Crippen molar-refractivity contribution in [2.75, 3.05) is 20.7 Å². The van der Waals surface area contributed by atoms with Crippen LogP contribution in [0.5, 0.6) is 5.75 Å². The van der Waals surface area contributed by atoms with Crippen molar-refractivity contribution in [3.8, 4) is 11.4 Å². The number of hydrogen-bond acceptors (Lipinski definition) is 4. The van der Waals surface area contributed by atoms with Crippen LogP contribution in [0.25, 0.3) is 5.69 Å². The van der Waals surface area contributed by atoms with Gasteiger partial charge in [-0.3, -0.25) is 9.69 Å². The molecule has 0 bridgehead atoms. The number of nitrogens with zero attached hydrogens (tertiary/aromatic N) is 3. The Morgan fingerprint density at radius 2 is 1.89 bits per heavy atom. The van der Waals surface area contributed by atoms with E-state index in [0.29, 0.717) is 19.6 Å². The van der Waals surface area contributed by atoms with E-state index in [1.165, 1.54) is 0 Å². The summed E-state index contributed by atoms with van der Waals surface area (Å²) in [5.41, 5.74) is 3.03. The van der Waals surface area contributed by atoms with E-state index in [2.05, 4.69) is 10.4 Å². The van der Waals surface area contributed by atoms with Gasteiger partial charge in [0.1, 0.15) is 5.75 Å². The molecule has 0 aliphatic carbocycles. The summed E-state index contributed by atoms with van der Waals surface area (Å²) < 4.78 is 7.14. The summed E-state index contributed by atoms with van der Waals surface area (Å²) in [6.45, 7) is 1.41. The second kappa shape index (κ2) is 9.00. The van der Waals surface area contributed by atoms with Crippen LogP contribution in [0.15, 0.2) is 67.0 Å². The molecule has 0 fully saturated rings. The first-order valence-corrected chi connectivity index (χ1v) is 8.82. The lowest BCUT2D eigenvalue weighted by Gasteiger charge is -2.16. The highest BCUT2D eigenvalue weighted by Crippen LogP contribution is 2.16. The molecular weight excluding hydrogens is 340 g/mol. The van der Waals surface area contributed by atoms with Crippen molar-refractivity contribution >= 4 is 5.91 Å². The summed E-state index contributed by atoms with van der Waals surface area (Å²) in [5.74, 6) is 0.748. The monoisotopic (exact) mass is 364 g/mol. The molecule has 6 nitrogen and oxygen atoms in total. The zero-order chi connectivity index (χ0) is 19.1. The molecule has 0 saturated heterocycles. The van der Waals surface area contributed by atoms with Gasteiger partial charge in [0.15, 0.2) is 0 Å². The fourth-order valence-electron chi connectivity index (χ4n) is 2.88. The third-order valence-electron chi connectivity index (χ3n) is 4.19. The molecule has 1 aromatic heterocycles. The maximum atomic E-state index is 12.2. The molecule has 27 heavy (non-hydrogen) atoms. The van der Waals surface area contributed by atoms with Crippen LogP contribution in [0.4, 0.5) is 0 Å². The van der Waals surface area contributed by atoms with Crippen molar-refractivity contribution in [2.24, 2.45) is 0 Å². The molecule has 0 aliphatic rings. The highest BCUT2D eigenvalue weighted by atomic mass is 16.5. The van der Waals surface area contributed by atoms with Gasteiger partial charge in [-0.1, -0.05) is 36.4 Å². The summed E-state index contributed by atoms with van der Waals surface area (Å²) in [5, 5.41) is 7.33. The number of amides is 1. The van der Waals surface area contributed by atoms with E-state index in [9.17, 15) is 4.79 Å². The first-order valence-electron chi connectivity index (χ1n) is 8.82. The Labute approximate surface area is 159 Å². The van der Waals surface area contributed by atoms with Crippen LogP contribution in [-0.2, 0) is 17.9 Å². The van der Waals surface area contributed by atoms with Crippen LogP contribution < -0.4 is 10.1 Å². The number of likely N-dealkylation sites (N-methyl/N-ethyl adjacent to an activating group) is 1. The molecular formula is C21H24N4O2. The van der Waals surface area contributed by atoms with Crippen LogP contribution in [0.2, 0.25) is 0 Å².